The zero-order chi connectivity index (χ0) is 14.7. The lowest BCUT2D eigenvalue weighted by molar-refractivity contribution is -0.128. The van der Waals surface area contributed by atoms with Crippen molar-refractivity contribution in [1.29, 1.82) is 0 Å². The molecule has 0 aromatic heterocycles. The highest BCUT2D eigenvalue weighted by Gasteiger charge is 2.22. The number of benzene rings is 1. The summed E-state index contributed by atoms with van der Waals surface area (Å²) in [6, 6.07) is 5.27. The van der Waals surface area contributed by atoms with E-state index >= 15 is 0 Å². The van der Waals surface area contributed by atoms with Crippen LogP contribution in [-0.2, 0) is 4.79 Å². The Morgan fingerprint density at radius 3 is 2.50 bits per heavy atom. The molecule has 0 saturated carbocycles. The van der Waals surface area contributed by atoms with Crippen LogP contribution in [0.5, 0.6) is 0 Å². The second kappa shape index (κ2) is 6.26. The summed E-state index contributed by atoms with van der Waals surface area (Å²) < 4.78 is 0.829. The van der Waals surface area contributed by atoms with Crippen LogP contribution in [0.3, 0.4) is 0 Å². The summed E-state index contributed by atoms with van der Waals surface area (Å²) in [6.45, 7) is 4.03. The first kappa shape index (κ1) is 14.8. The Bertz CT molecular complexity index is 533. The minimum atomic E-state index is -0.0748. The van der Waals surface area contributed by atoms with E-state index in [-0.39, 0.29) is 11.8 Å². The molecule has 0 atom stereocenters. The first-order valence-corrected chi connectivity index (χ1v) is 7.38. The predicted molar refractivity (Wildman–Crippen MR) is 81.3 cm³/mol. The van der Waals surface area contributed by atoms with Crippen LogP contribution in [0.2, 0.25) is 0 Å². The Morgan fingerprint density at radius 2 is 1.80 bits per heavy atom. The molecule has 2 amide bonds. The first-order valence-electron chi connectivity index (χ1n) is 6.59. The van der Waals surface area contributed by atoms with E-state index in [0.717, 1.165) is 10.9 Å². The number of amides is 2. The SMILES string of the molecule is CC(=O)N1CCCN(C(=O)c2cc(Br)ccc2N)CC1. The molecule has 1 aromatic carbocycles. The molecule has 1 heterocycles. The van der Waals surface area contributed by atoms with Gasteiger partial charge in [0.15, 0.2) is 0 Å². The highest BCUT2D eigenvalue weighted by molar-refractivity contribution is 9.10. The molecule has 1 aromatic rings. The predicted octanol–water partition coefficient (Wildman–Crippen LogP) is 1.73. The molecule has 0 aliphatic carbocycles. The number of hydrogen-bond donors (Lipinski definition) is 1. The maximum atomic E-state index is 12.5. The van der Waals surface area contributed by atoms with E-state index < -0.39 is 0 Å². The number of nitrogens with two attached hydrogens (primary N) is 1. The van der Waals surface area contributed by atoms with E-state index in [1.165, 1.54) is 0 Å². The highest BCUT2D eigenvalue weighted by Crippen LogP contribution is 2.20. The van der Waals surface area contributed by atoms with E-state index in [0.29, 0.717) is 37.4 Å². The van der Waals surface area contributed by atoms with E-state index in [1.54, 1.807) is 28.9 Å². The maximum absolute atomic E-state index is 12.5. The average molecular weight is 340 g/mol. The van der Waals surface area contributed by atoms with Crippen molar-refractivity contribution in [3.05, 3.63) is 28.2 Å². The summed E-state index contributed by atoms with van der Waals surface area (Å²) >= 11 is 3.35. The molecular weight excluding hydrogens is 322 g/mol. The Labute approximate surface area is 126 Å². The zero-order valence-corrected chi connectivity index (χ0v) is 13.0. The van der Waals surface area contributed by atoms with Gasteiger partial charge in [0.25, 0.3) is 5.91 Å². The molecule has 2 rings (SSSR count). The Morgan fingerprint density at radius 1 is 1.15 bits per heavy atom. The molecule has 1 saturated heterocycles. The lowest BCUT2D eigenvalue weighted by atomic mass is 10.1. The van der Waals surface area contributed by atoms with Gasteiger partial charge in [-0.1, -0.05) is 15.9 Å². The lowest BCUT2D eigenvalue weighted by Gasteiger charge is -2.22. The molecule has 0 bridgehead atoms. The summed E-state index contributed by atoms with van der Waals surface area (Å²) in [5.74, 6) is -0.0181. The molecule has 1 fully saturated rings. The van der Waals surface area contributed by atoms with Gasteiger partial charge >= 0.3 is 0 Å². The molecule has 6 heteroatoms. The Kier molecular flexibility index (Phi) is 4.65. The van der Waals surface area contributed by atoms with Gasteiger partial charge in [-0.3, -0.25) is 9.59 Å². The zero-order valence-electron chi connectivity index (χ0n) is 11.4. The fraction of sp³-hybridized carbons (Fsp3) is 0.429. The van der Waals surface area contributed by atoms with Gasteiger partial charge in [0.2, 0.25) is 5.91 Å². The number of halogens is 1. The summed E-state index contributed by atoms with van der Waals surface area (Å²) in [7, 11) is 0. The van der Waals surface area contributed by atoms with Crippen LogP contribution >= 0.6 is 15.9 Å². The van der Waals surface area contributed by atoms with Crippen LogP contribution in [0.25, 0.3) is 0 Å². The fourth-order valence-corrected chi connectivity index (χ4v) is 2.68. The number of anilines is 1. The van der Waals surface area contributed by atoms with Crippen LogP contribution in [0.15, 0.2) is 22.7 Å². The third-order valence-electron chi connectivity index (χ3n) is 3.47. The van der Waals surface area contributed by atoms with Crippen molar-refractivity contribution in [2.75, 3.05) is 31.9 Å². The van der Waals surface area contributed by atoms with E-state index in [2.05, 4.69) is 15.9 Å². The largest absolute Gasteiger partial charge is 0.398 e. The summed E-state index contributed by atoms with van der Waals surface area (Å²) in [6.07, 6.45) is 0.791. The summed E-state index contributed by atoms with van der Waals surface area (Å²) in [4.78, 5) is 27.5. The van der Waals surface area contributed by atoms with Gasteiger partial charge in [-0.05, 0) is 24.6 Å². The monoisotopic (exact) mass is 339 g/mol. The van der Waals surface area contributed by atoms with Gasteiger partial charge in [-0.2, -0.15) is 0 Å². The van der Waals surface area contributed by atoms with Crippen molar-refractivity contribution < 1.29 is 9.59 Å². The molecule has 0 radical (unpaired) electrons. The van der Waals surface area contributed by atoms with Crippen LogP contribution in [0.4, 0.5) is 5.69 Å². The minimum absolute atomic E-state index is 0.0567. The van der Waals surface area contributed by atoms with Gasteiger partial charge in [0.1, 0.15) is 0 Å². The molecule has 0 spiro atoms. The topological polar surface area (TPSA) is 66.6 Å². The molecule has 0 unspecified atom stereocenters. The molecule has 5 nitrogen and oxygen atoms in total. The number of rotatable bonds is 1. The summed E-state index contributed by atoms with van der Waals surface area (Å²) in [5, 5.41) is 0. The van der Waals surface area contributed by atoms with Crippen molar-refractivity contribution in [2.45, 2.75) is 13.3 Å². The van der Waals surface area contributed by atoms with Gasteiger partial charge in [-0.15, -0.1) is 0 Å². The number of carbonyl (C=O) groups is 2. The van der Waals surface area contributed by atoms with Gasteiger partial charge in [0.05, 0.1) is 5.56 Å². The quantitative estimate of drug-likeness (QED) is 0.792. The van der Waals surface area contributed by atoms with E-state index in [9.17, 15) is 9.59 Å². The molecule has 20 heavy (non-hydrogen) atoms. The second-order valence-corrected chi connectivity index (χ2v) is 5.80. The van der Waals surface area contributed by atoms with Crippen LogP contribution in [0.1, 0.15) is 23.7 Å². The fourth-order valence-electron chi connectivity index (χ4n) is 2.32. The van der Waals surface area contributed by atoms with Crippen molar-refractivity contribution in [1.82, 2.24) is 9.80 Å². The normalized spacial score (nSPS) is 15.9. The number of nitrogens with zero attached hydrogens (tertiary/aromatic N) is 2. The van der Waals surface area contributed by atoms with E-state index in [1.807, 2.05) is 6.07 Å². The van der Waals surface area contributed by atoms with Crippen LogP contribution < -0.4 is 5.73 Å². The first-order chi connectivity index (χ1) is 9.49. The second-order valence-electron chi connectivity index (χ2n) is 4.88. The average Bonchev–Trinajstić information content (AvgIpc) is 2.66. The van der Waals surface area contributed by atoms with Gasteiger partial charge < -0.3 is 15.5 Å². The molecule has 1 aliphatic rings. The Balaban J connectivity index is 2.13. The Hall–Kier alpha value is -1.56. The smallest absolute Gasteiger partial charge is 0.256 e. The molecular formula is C14H18BrN3O2. The van der Waals surface area contributed by atoms with Crippen LogP contribution in [-0.4, -0.2) is 47.8 Å². The lowest BCUT2D eigenvalue weighted by Crippen LogP contribution is -2.36. The van der Waals surface area contributed by atoms with Crippen molar-refractivity contribution in [3.8, 4) is 0 Å². The number of nitrogen functional groups attached to an aromatic ring is 1. The van der Waals surface area contributed by atoms with Crippen molar-refractivity contribution in [2.24, 2.45) is 0 Å². The third-order valence-corrected chi connectivity index (χ3v) is 3.97. The molecule has 108 valence electrons. The van der Waals surface area contributed by atoms with Crippen LogP contribution in [0, 0.1) is 0 Å². The van der Waals surface area contributed by atoms with E-state index in [4.69, 9.17) is 5.73 Å². The van der Waals surface area contributed by atoms with Gasteiger partial charge in [-0.25, -0.2) is 0 Å². The maximum Gasteiger partial charge on any atom is 0.256 e. The molecule has 2 N–H and O–H groups in total. The van der Waals surface area contributed by atoms with Crippen molar-refractivity contribution >= 4 is 33.4 Å². The number of carbonyl (C=O) groups excluding carboxylic acids is 2. The third kappa shape index (κ3) is 3.30. The summed E-state index contributed by atoms with van der Waals surface area (Å²) in [5.41, 5.74) is 6.87. The highest BCUT2D eigenvalue weighted by atomic mass is 79.9. The standard InChI is InChI=1S/C14H18BrN3O2/c1-10(19)17-5-2-6-18(8-7-17)14(20)12-9-11(15)3-4-13(12)16/h3-4,9H,2,5-8,16H2,1H3. The minimum Gasteiger partial charge on any atom is -0.398 e. The number of hydrogen-bond acceptors (Lipinski definition) is 3. The van der Waals surface area contributed by atoms with Gasteiger partial charge in [0, 0.05) is 43.3 Å². The van der Waals surface area contributed by atoms with Crippen molar-refractivity contribution in [3.63, 3.8) is 0 Å². The molecule has 1 aliphatic heterocycles.